The van der Waals surface area contributed by atoms with E-state index < -0.39 is 36.9 Å². The summed E-state index contributed by atoms with van der Waals surface area (Å²) >= 11 is 0. The monoisotopic (exact) mass is 357 g/mol. The Balaban J connectivity index is 1.40. The van der Waals surface area contributed by atoms with Crippen LogP contribution in [0.3, 0.4) is 0 Å². The SMILES string of the molecule is N[C@@H]1[C@@H](OCc2ccccc2)O[C@@H]2COC(c3ccccc3)O[C@H]2[C@H]1O. The normalized spacial score (nSPS) is 34.2. The number of aliphatic hydroxyl groups excluding tert-OH is 1. The molecule has 0 aromatic heterocycles. The predicted octanol–water partition coefficient (Wildman–Crippen LogP) is 1.73. The Morgan fingerprint density at radius 3 is 2.42 bits per heavy atom. The maximum atomic E-state index is 10.6. The lowest BCUT2D eigenvalue weighted by Crippen LogP contribution is -2.64. The molecule has 2 fully saturated rings. The fourth-order valence-electron chi connectivity index (χ4n) is 3.29. The third kappa shape index (κ3) is 3.66. The van der Waals surface area contributed by atoms with Gasteiger partial charge in [0.15, 0.2) is 12.6 Å². The summed E-state index contributed by atoms with van der Waals surface area (Å²) in [4.78, 5) is 0. The first-order valence-corrected chi connectivity index (χ1v) is 8.79. The molecule has 2 saturated heterocycles. The number of fused-ring (bicyclic) bond motifs is 1. The molecule has 6 heteroatoms. The van der Waals surface area contributed by atoms with Crippen molar-refractivity contribution in [3.8, 4) is 0 Å². The van der Waals surface area contributed by atoms with Crippen molar-refractivity contribution in [2.45, 2.75) is 43.5 Å². The van der Waals surface area contributed by atoms with E-state index in [-0.39, 0.29) is 0 Å². The van der Waals surface area contributed by atoms with Crippen LogP contribution in [0.1, 0.15) is 17.4 Å². The molecule has 0 radical (unpaired) electrons. The molecule has 2 aliphatic rings. The van der Waals surface area contributed by atoms with Gasteiger partial charge in [0.1, 0.15) is 18.3 Å². The molecule has 0 spiro atoms. The molecular weight excluding hydrogens is 334 g/mol. The molecule has 2 heterocycles. The van der Waals surface area contributed by atoms with E-state index in [4.69, 9.17) is 24.7 Å². The third-order valence-electron chi connectivity index (χ3n) is 4.74. The first-order valence-electron chi connectivity index (χ1n) is 8.79. The Morgan fingerprint density at radius 2 is 1.69 bits per heavy atom. The second kappa shape index (κ2) is 7.84. The highest BCUT2D eigenvalue weighted by atomic mass is 16.7. The molecule has 0 aliphatic carbocycles. The lowest BCUT2D eigenvalue weighted by atomic mass is 9.96. The van der Waals surface area contributed by atoms with Crippen LogP contribution in [0.5, 0.6) is 0 Å². The van der Waals surface area contributed by atoms with E-state index in [0.29, 0.717) is 13.2 Å². The van der Waals surface area contributed by atoms with E-state index in [1.807, 2.05) is 60.7 Å². The van der Waals surface area contributed by atoms with Gasteiger partial charge in [-0.2, -0.15) is 0 Å². The summed E-state index contributed by atoms with van der Waals surface area (Å²) < 4.78 is 23.4. The maximum absolute atomic E-state index is 10.6. The van der Waals surface area contributed by atoms with Crippen LogP contribution in [0, 0.1) is 0 Å². The number of hydrogen-bond donors (Lipinski definition) is 2. The Labute approximate surface area is 152 Å². The summed E-state index contributed by atoms with van der Waals surface area (Å²) in [6.45, 7) is 0.664. The third-order valence-corrected chi connectivity index (χ3v) is 4.74. The molecule has 6 nitrogen and oxygen atoms in total. The van der Waals surface area contributed by atoms with Gasteiger partial charge >= 0.3 is 0 Å². The van der Waals surface area contributed by atoms with Gasteiger partial charge in [-0.25, -0.2) is 0 Å². The number of rotatable bonds is 4. The first kappa shape index (κ1) is 17.6. The fraction of sp³-hybridized carbons (Fsp3) is 0.400. The van der Waals surface area contributed by atoms with Gasteiger partial charge in [-0.3, -0.25) is 0 Å². The van der Waals surface area contributed by atoms with Crippen molar-refractivity contribution in [2.75, 3.05) is 6.61 Å². The van der Waals surface area contributed by atoms with Gasteiger partial charge in [0.05, 0.1) is 19.3 Å². The highest BCUT2D eigenvalue weighted by molar-refractivity contribution is 5.17. The van der Waals surface area contributed by atoms with Crippen molar-refractivity contribution < 1.29 is 24.1 Å². The summed E-state index contributed by atoms with van der Waals surface area (Å²) in [5.74, 6) is 0. The van der Waals surface area contributed by atoms with Crippen LogP contribution in [0.15, 0.2) is 60.7 Å². The lowest BCUT2D eigenvalue weighted by Gasteiger charge is -2.46. The van der Waals surface area contributed by atoms with E-state index in [2.05, 4.69) is 0 Å². The highest BCUT2D eigenvalue weighted by Gasteiger charge is 2.48. The van der Waals surface area contributed by atoms with Crippen LogP contribution >= 0.6 is 0 Å². The fourth-order valence-corrected chi connectivity index (χ4v) is 3.29. The molecule has 138 valence electrons. The Kier molecular flexibility index (Phi) is 5.31. The Hall–Kier alpha value is -1.80. The van der Waals surface area contributed by atoms with Gasteiger partial charge in [-0.15, -0.1) is 0 Å². The number of ether oxygens (including phenoxy) is 4. The molecule has 0 amide bonds. The van der Waals surface area contributed by atoms with E-state index in [9.17, 15) is 5.11 Å². The molecule has 6 atom stereocenters. The highest BCUT2D eigenvalue weighted by Crippen LogP contribution is 2.33. The molecule has 0 bridgehead atoms. The quantitative estimate of drug-likeness (QED) is 0.867. The van der Waals surface area contributed by atoms with Crippen molar-refractivity contribution in [3.05, 3.63) is 71.8 Å². The first-order chi connectivity index (χ1) is 12.7. The van der Waals surface area contributed by atoms with E-state index >= 15 is 0 Å². The van der Waals surface area contributed by atoms with Crippen molar-refractivity contribution in [3.63, 3.8) is 0 Å². The Morgan fingerprint density at radius 1 is 1.00 bits per heavy atom. The molecule has 2 aliphatic heterocycles. The minimum atomic E-state index is -0.898. The lowest BCUT2D eigenvalue weighted by molar-refractivity contribution is -0.343. The summed E-state index contributed by atoms with van der Waals surface area (Å²) in [7, 11) is 0. The molecule has 3 N–H and O–H groups in total. The van der Waals surface area contributed by atoms with Crippen molar-refractivity contribution in [2.24, 2.45) is 5.73 Å². The van der Waals surface area contributed by atoms with Crippen molar-refractivity contribution in [1.29, 1.82) is 0 Å². The minimum absolute atomic E-state index is 0.305. The van der Waals surface area contributed by atoms with Crippen LogP contribution in [0.2, 0.25) is 0 Å². The molecule has 2 aromatic carbocycles. The zero-order chi connectivity index (χ0) is 17.9. The molecular formula is C20H23NO5. The van der Waals surface area contributed by atoms with Gasteiger partial charge in [0, 0.05) is 5.56 Å². The zero-order valence-corrected chi connectivity index (χ0v) is 14.3. The Bertz CT molecular complexity index is 696. The average molecular weight is 357 g/mol. The summed E-state index contributed by atoms with van der Waals surface area (Å²) in [5, 5.41) is 10.6. The number of aliphatic hydroxyl groups is 1. The summed E-state index contributed by atoms with van der Waals surface area (Å²) in [5.41, 5.74) is 8.07. The smallest absolute Gasteiger partial charge is 0.184 e. The maximum Gasteiger partial charge on any atom is 0.184 e. The minimum Gasteiger partial charge on any atom is -0.388 e. The molecule has 26 heavy (non-hydrogen) atoms. The predicted molar refractivity (Wildman–Crippen MR) is 93.9 cm³/mol. The van der Waals surface area contributed by atoms with Crippen molar-refractivity contribution in [1.82, 2.24) is 0 Å². The van der Waals surface area contributed by atoms with Gasteiger partial charge in [-0.1, -0.05) is 60.7 Å². The summed E-state index contributed by atoms with van der Waals surface area (Å²) in [6, 6.07) is 18.7. The van der Waals surface area contributed by atoms with Crippen LogP contribution in [-0.4, -0.2) is 42.4 Å². The van der Waals surface area contributed by atoms with E-state index in [0.717, 1.165) is 11.1 Å². The average Bonchev–Trinajstić information content (AvgIpc) is 2.71. The topological polar surface area (TPSA) is 83.2 Å². The number of hydrogen-bond acceptors (Lipinski definition) is 6. The van der Waals surface area contributed by atoms with Gasteiger partial charge in [0.2, 0.25) is 0 Å². The van der Waals surface area contributed by atoms with Crippen LogP contribution in [0.25, 0.3) is 0 Å². The van der Waals surface area contributed by atoms with Gasteiger partial charge in [-0.05, 0) is 5.56 Å². The number of nitrogens with two attached hydrogens (primary N) is 1. The second-order valence-corrected chi connectivity index (χ2v) is 6.58. The van der Waals surface area contributed by atoms with Gasteiger partial charge < -0.3 is 29.8 Å². The molecule has 0 saturated carbocycles. The molecule has 1 unspecified atom stereocenters. The van der Waals surface area contributed by atoms with Crippen LogP contribution < -0.4 is 5.73 Å². The largest absolute Gasteiger partial charge is 0.388 e. The van der Waals surface area contributed by atoms with E-state index in [1.165, 1.54) is 0 Å². The molecule has 4 rings (SSSR count). The van der Waals surface area contributed by atoms with Gasteiger partial charge in [0.25, 0.3) is 0 Å². The number of benzene rings is 2. The zero-order valence-electron chi connectivity index (χ0n) is 14.3. The van der Waals surface area contributed by atoms with Crippen LogP contribution in [0.4, 0.5) is 0 Å². The summed E-state index contributed by atoms with van der Waals surface area (Å²) in [6.07, 6.45) is -3.13. The van der Waals surface area contributed by atoms with E-state index in [1.54, 1.807) is 0 Å². The second-order valence-electron chi connectivity index (χ2n) is 6.58. The standard InChI is InChI=1S/C20H23NO5/c21-16-17(22)18-15(12-24-19(26-18)14-9-5-2-6-10-14)25-20(16)23-11-13-7-3-1-4-8-13/h1-10,15-20,22H,11-12,21H2/t15-,16+,17+,18-,19?,20+/m1/s1. The van der Waals surface area contributed by atoms with Crippen LogP contribution in [-0.2, 0) is 25.6 Å². The van der Waals surface area contributed by atoms with Crippen molar-refractivity contribution >= 4 is 0 Å². The molecule has 2 aromatic rings.